The molecule has 0 bridgehead atoms. The fraction of sp³-hybridized carbons (Fsp3) is 0.923. The van der Waals surface area contributed by atoms with Gasteiger partial charge in [0.25, 0.3) is 0 Å². The minimum absolute atomic E-state index is 0.247. The number of carbonyl (C=O) groups excluding carboxylic acids is 1. The first-order chi connectivity index (χ1) is 7.59. The van der Waals surface area contributed by atoms with Crippen molar-refractivity contribution in [2.24, 2.45) is 11.8 Å². The van der Waals surface area contributed by atoms with Crippen molar-refractivity contribution in [3.63, 3.8) is 0 Å². The topological polar surface area (TPSA) is 41.1 Å². The standard InChI is InChI=1S/C13H26N2O/c1-10(2)4-5-11(3)14-8-9-15-13(16)12-6-7-12/h10-12,14H,4-9H2,1-3H3,(H,15,16). The van der Waals surface area contributed by atoms with Gasteiger partial charge in [0, 0.05) is 25.0 Å². The third kappa shape index (κ3) is 6.11. The molecule has 0 radical (unpaired) electrons. The molecule has 0 saturated heterocycles. The maximum absolute atomic E-state index is 11.3. The second kappa shape index (κ2) is 6.89. The van der Waals surface area contributed by atoms with Crippen molar-refractivity contribution in [3.05, 3.63) is 0 Å². The highest BCUT2D eigenvalue weighted by molar-refractivity contribution is 5.80. The van der Waals surface area contributed by atoms with Gasteiger partial charge in [0.15, 0.2) is 0 Å². The molecule has 1 atom stereocenters. The molecule has 1 unspecified atom stereocenters. The quantitative estimate of drug-likeness (QED) is 0.621. The lowest BCUT2D eigenvalue weighted by Crippen LogP contribution is -2.36. The summed E-state index contributed by atoms with van der Waals surface area (Å²) in [6, 6.07) is 0.556. The van der Waals surface area contributed by atoms with Crippen LogP contribution in [0.3, 0.4) is 0 Å². The van der Waals surface area contributed by atoms with Gasteiger partial charge in [-0.25, -0.2) is 0 Å². The van der Waals surface area contributed by atoms with Gasteiger partial charge in [-0.3, -0.25) is 4.79 Å². The summed E-state index contributed by atoms with van der Waals surface area (Å²) in [6.07, 6.45) is 4.66. The van der Waals surface area contributed by atoms with Crippen LogP contribution in [0.5, 0.6) is 0 Å². The lowest BCUT2D eigenvalue weighted by molar-refractivity contribution is -0.122. The van der Waals surface area contributed by atoms with Gasteiger partial charge in [-0.15, -0.1) is 0 Å². The summed E-state index contributed by atoms with van der Waals surface area (Å²) in [4.78, 5) is 11.3. The average molecular weight is 226 g/mol. The van der Waals surface area contributed by atoms with Crippen LogP contribution in [0, 0.1) is 11.8 Å². The highest BCUT2D eigenvalue weighted by atomic mass is 16.2. The predicted molar refractivity (Wildman–Crippen MR) is 67.3 cm³/mol. The van der Waals surface area contributed by atoms with E-state index in [4.69, 9.17) is 0 Å². The highest BCUT2D eigenvalue weighted by Crippen LogP contribution is 2.28. The van der Waals surface area contributed by atoms with E-state index in [1.54, 1.807) is 0 Å². The molecule has 1 saturated carbocycles. The number of rotatable bonds is 8. The van der Waals surface area contributed by atoms with Crippen molar-refractivity contribution in [2.75, 3.05) is 13.1 Å². The van der Waals surface area contributed by atoms with Crippen LogP contribution in [0.2, 0.25) is 0 Å². The number of hydrogen-bond acceptors (Lipinski definition) is 2. The van der Waals surface area contributed by atoms with Crippen molar-refractivity contribution in [3.8, 4) is 0 Å². The van der Waals surface area contributed by atoms with Crippen molar-refractivity contribution >= 4 is 5.91 Å². The molecule has 2 N–H and O–H groups in total. The van der Waals surface area contributed by atoms with Gasteiger partial charge in [-0.2, -0.15) is 0 Å². The molecular weight excluding hydrogens is 200 g/mol. The Labute approximate surface area is 99.4 Å². The summed E-state index contributed by atoms with van der Waals surface area (Å²) in [7, 11) is 0. The van der Waals surface area contributed by atoms with Gasteiger partial charge in [-0.05, 0) is 38.5 Å². The van der Waals surface area contributed by atoms with Gasteiger partial charge in [-0.1, -0.05) is 13.8 Å². The zero-order valence-corrected chi connectivity index (χ0v) is 10.9. The van der Waals surface area contributed by atoms with Crippen LogP contribution in [0.25, 0.3) is 0 Å². The summed E-state index contributed by atoms with van der Waals surface area (Å²) in [5, 5.41) is 6.40. The molecule has 1 aliphatic rings. The Morgan fingerprint density at radius 1 is 1.19 bits per heavy atom. The van der Waals surface area contributed by atoms with E-state index in [0.717, 1.165) is 31.8 Å². The van der Waals surface area contributed by atoms with Crippen LogP contribution < -0.4 is 10.6 Å². The molecule has 16 heavy (non-hydrogen) atoms. The second-order valence-corrected chi connectivity index (χ2v) is 5.39. The number of amides is 1. The maximum atomic E-state index is 11.3. The lowest BCUT2D eigenvalue weighted by Gasteiger charge is -2.15. The molecule has 0 spiro atoms. The minimum atomic E-state index is 0.247. The number of nitrogens with one attached hydrogen (secondary N) is 2. The van der Waals surface area contributed by atoms with Crippen LogP contribution in [0.15, 0.2) is 0 Å². The van der Waals surface area contributed by atoms with Gasteiger partial charge in [0.05, 0.1) is 0 Å². The van der Waals surface area contributed by atoms with Crippen LogP contribution in [-0.4, -0.2) is 25.0 Å². The fourth-order valence-corrected chi connectivity index (χ4v) is 1.68. The van der Waals surface area contributed by atoms with Crippen LogP contribution >= 0.6 is 0 Å². The molecule has 1 aliphatic carbocycles. The molecule has 0 aliphatic heterocycles. The molecule has 0 heterocycles. The maximum Gasteiger partial charge on any atom is 0.223 e. The van der Waals surface area contributed by atoms with E-state index in [1.807, 2.05) is 0 Å². The van der Waals surface area contributed by atoms with Crippen molar-refractivity contribution in [2.45, 2.75) is 52.5 Å². The summed E-state index contributed by atoms with van der Waals surface area (Å²) < 4.78 is 0. The smallest absolute Gasteiger partial charge is 0.223 e. The Kier molecular flexibility index (Phi) is 5.81. The van der Waals surface area contributed by atoms with E-state index in [9.17, 15) is 4.79 Å². The summed E-state index contributed by atoms with van der Waals surface area (Å²) >= 11 is 0. The molecule has 3 heteroatoms. The summed E-state index contributed by atoms with van der Waals surface area (Å²) in [5.41, 5.74) is 0. The van der Waals surface area contributed by atoms with Crippen molar-refractivity contribution in [1.82, 2.24) is 10.6 Å². The zero-order chi connectivity index (χ0) is 12.0. The van der Waals surface area contributed by atoms with Crippen LogP contribution in [-0.2, 0) is 4.79 Å². The third-order valence-electron chi connectivity index (χ3n) is 3.04. The Morgan fingerprint density at radius 2 is 1.88 bits per heavy atom. The molecule has 1 rings (SSSR count). The second-order valence-electron chi connectivity index (χ2n) is 5.39. The van der Waals surface area contributed by atoms with E-state index < -0.39 is 0 Å². The normalized spacial score (nSPS) is 17.5. The van der Waals surface area contributed by atoms with Gasteiger partial charge < -0.3 is 10.6 Å². The van der Waals surface area contributed by atoms with Gasteiger partial charge in [0.2, 0.25) is 5.91 Å². The zero-order valence-electron chi connectivity index (χ0n) is 10.9. The molecule has 94 valence electrons. The molecule has 3 nitrogen and oxygen atoms in total. The lowest BCUT2D eigenvalue weighted by atomic mass is 10.0. The average Bonchev–Trinajstić information content (AvgIpc) is 3.04. The van der Waals surface area contributed by atoms with E-state index in [2.05, 4.69) is 31.4 Å². The predicted octanol–water partition coefficient (Wildman–Crippen LogP) is 1.93. The number of hydrogen-bond donors (Lipinski definition) is 2. The molecule has 0 aromatic rings. The largest absolute Gasteiger partial charge is 0.355 e. The fourth-order valence-electron chi connectivity index (χ4n) is 1.68. The van der Waals surface area contributed by atoms with Crippen molar-refractivity contribution in [1.29, 1.82) is 0 Å². The van der Waals surface area contributed by atoms with Crippen molar-refractivity contribution < 1.29 is 4.79 Å². The molecular formula is C13H26N2O. The monoisotopic (exact) mass is 226 g/mol. The molecule has 1 fully saturated rings. The van der Waals surface area contributed by atoms with E-state index in [0.29, 0.717) is 12.0 Å². The molecule has 0 aromatic heterocycles. The third-order valence-corrected chi connectivity index (χ3v) is 3.04. The molecule has 1 amide bonds. The van der Waals surface area contributed by atoms with E-state index in [1.165, 1.54) is 12.8 Å². The minimum Gasteiger partial charge on any atom is -0.355 e. The first-order valence-electron chi connectivity index (χ1n) is 6.60. The molecule has 0 aromatic carbocycles. The van der Waals surface area contributed by atoms with Gasteiger partial charge in [0.1, 0.15) is 0 Å². The Morgan fingerprint density at radius 3 is 2.44 bits per heavy atom. The van der Waals surface area contributed by atoms with Crippen LogP contribution in [0.1, 0.15) is 46.5 Å². The summed E-state index contributed by atoms with van der Waals surface area (Å²) in [5.74, 6) is 1.36. The van der Waals surface area contributed by atoms with E-state index >= 15 is 0 Å². The highest BCUT2D eigenvalue weighted by Gasteiger charge is 2.28. The SMILES string of the molecule is CC(C)CCC(C)NCCNC(=O)C1CC1. The van der Waals surface area contributed by atoms with Crippen LogP contribution in [0.4, 0.5) is 0 Å². The van der Waals surface area contributed by atoms with Gasteiger partial charge >= 0.3 is 0 Å². The summed E-state index contributed by atoms with van der Waals surface area (Å²) in [6.45, 7) is 8.37. The number of carbonyl (C=O) groups is 1. The Hall–Kier alpha value is -0.570. The Balaban J connectivity index is 1.91. The Bertz CT molecular complexity index is 212. The van der Waals surface area contributed by atoms with E-state index in [-0.39, 0.29) is 5.91 Å². The first-order valence-corrected chi connectivity index (χ1v) is 6.60. The first kappa shape index (κ1) is 13.5.